The predicted molar refractivity (Wildman–Crippen MR) is 154 cm³/mol. The van der Waals surface area contributed by atoms with Gasteiger partial charge in [-0.05, 0) is 78.7 Å². The van der Waals surface area contributed by atoms with Crippen molar-refractivity contribution in [3.63, 3.8) is 0 Å². The number of carbonyl (C=O) groups excluding carboxylic acids is 2. The van der Waals surface area contributed by atoms with Crippen molar-refractivity contribution in [2.24, 2.45) is 0 Å². The molecule has 1 N–H and O–H groups in total. The van der Waals surface area contributed by atoms with Gasteiger partial charge in [-0.2, -0.15) is 0 Å². The van der Waals surface area contributed by atoms with E-state index in [0.717, 1.165) is 5.56 Å². The molecule has 0 spiro atoms. The summed E-state index contributed by atoms with van der Waals surface area (Å²) in [4.78, 5) is 24.6. The van der Waals surface area contributed by atoms with Crippen molar-refractivity contribution in [1.82, 2.24) is 5.32 Å². The molecule has 0 saturated heterocycles. The number of aliphatic carboxylic acids is 1. The number of halogens is 3. The quantitative estimate of drug-likeness (QED) is 0.224. The molecule has 0 aromatic heterocycles. The topological polar surface area (TPSA) is 96.9 Å². The summed E-state index contributed by atoms with van der Waals surface area (Å²) in [6.07, 6.45) is 0.0189. The largest absolute Gasteiger partial charge is 1.00 e. The number of nitrogens with one attached hydrogen (secondary N) is 1. The molecule has 4 aromatic carbocycles. The molecule has 1 aliphatic rings. The molecule has 0 fully saturated rings. The van der Waals surface area contributed by atoms with Gasteiger partial charge in [-0.15, -0.1) is 0 Å². The number of hydrogen-bond donors (Lipinski definition) is 1. The minimum Gasteiger partial charge on any atom is -0.549 e. The Balaban J connectivity index is 0.00000405. The van der Waals surface area contributed by atoms with Crippen molar-refractivity contribution in [3.8, 4) is 23.0 Å². The van der Waals surface area contributed by atoms with Crippen molar-refractivity contribution in [1.29, 1.82) is 0 Å². The van der Waals surface area contributed by atoms with Crippen molar-refractivity contribution in [2.45, 2.75) is 25.0 Å². The molecule has 1 heterocycles. The van der Waals surface area contributed by atoms with Gasteiger partial charge in [-0.25, -0.2) is 0 Å². The smallest absolute Gasteiger partial charge is 0.549 e. The van der Waals surface area contributed by atoms with Crippen LogP contribution in [-0.4, -0.2) is 24.7 Å². The van der Waals surface area contributed by atoms with Crippen LogP contribution in [0.25, 0.3) is 0 Å². The van der Waals surface area contributed by atoms with Gasteiger partial charge in [-0.3, -0.25) is 4.79 Å². The van der Waals surface area contributed by atoms with Crippen molar-refractivity contribution >= 4 is 46.7 Å². The maximum Gasteiger partial charge on any atom is 1.00 e. The van der Waals surface area contributed by atoms with Gasteiger partial charge in [0.1, 0.15) is 23.0 Å². The molecule has 4 aromatic rings. The molecule has 2 unspecified atom stereocenters. The van der Waals surface area contributed by atoms with E-state index in [4.69, 9.17) is 49.0 Å². The number of ether oxygens (including phenoxy) is 3. The molecule has 0 saturated carbocycles. The van der Waals surface area contributed by atoms with E-state index in [2.05, 4.69) is 5.32 Å². The van der Waals surface area contributed by atoms with Crippen LogP contribution in [0.15, 0.2) is 84.9 Å². The molecule has 42 heavy (non-hydrogen) atoms. The summed E-state index contributed by atoms with van der Waals surface area (Å²) in [5.41, 5.74) is 1.76. The summed E-state index contributed by atoms with van der Waals surface area (Å²) in [7, 11) is 0. The van der Waals surface area contributed by atoms with Crippen LogP contribution in [0, 0.1) is 0 Å². The van der Waals surface area contributed by atoms with E-state index in [0.29, 0.717) is 57.0 Å². The van der Waals surface area contributed by atoms with Gasteiger partial charge in [0.25, 0.3) is 5.91 Å². The molecule has 11 heteroatoms. The zero-order valence-corrected chi connectivity index (χ0v) is 26.7. The maximum atomic E-state index is 13.1. The number of hydrogen-bond acceptors (Lipinski definition) is 6. The third-order valence-corrected chi connectivity index (χ3v) is 7.25. The number of amides is 1. The van der Waals surface area contributed by atoms with Crippen molar-refractivity contribution in [3.05, 3.63) is 117 Å². The fourth-order valence-corrected chi connectivity index (χ4v) is 4.84. The Morgan fingerprint density at radius 1 is 0.905 bits per heavy atom. The minimum absolute atomic E-state index is 0. The maximum absolute atomic E-state index is 13.1. The second-order valence-electron chi connectivity index (χ2n) is 9.32. The van der Waals surface area contributed by atoms with E-state index < -0.39 is 18.1 Å². The summed E-state index contributed by atoms with van der Waals surface area (Å²) in [5.74, 6) is -0.676. The fourth-order valence-electron chi connectivity index (χ4n) is 4.38. The van der Waals surface area contributed by atoms with Crippen LogP contribution in [0.2, 0.25) is 15.1 Å². The number of benzene rings is 4. The number of fused-ring (bicyclic) bond motifs is 1. The molecule has 0 aliphatic carbocycles. The van der Waals surface area contributed by atoms with E-state index in [1.54, 1.807) is 66.7 Å². The molecule has 0 bridgehead atoms. The molecule has 7 nitrogen and oxygen atoms in total. The van der Waals surface area contributed by atoms with Crippen LogP contribution in [-0.2, 0) is 11.2 Å². The van der Waals surface area contributed by atoms with E-state index in [9.17, 15) is 14.7 Å². The van der Waals surface area contributed by atoms with Crippen LogP contribution in [0.5, 0.6) is 23.0 Å². The Labute approximate surface area is 279 Å². The third-order valence-electron chi connectivity index (χ3n) is 6.45. The average molecular weight is 635 g/mol. The molecule has 1 aliphatic heterocycles. The van der Waals surface area contributed by atoms with E-state index in [1.807, 2.05) is 12.1 Å². The zero-order valence-electron chi connectivity index (χ0n) is 22.4. The van der Waals surface area contributed by atoms with Crippen LogP contribution < -0.4 is 54.2 Å². The number of carbonyl (C=O) groups is 2. The Bertz CT molecular complexity index is 1500. The number of carboxylic acid groups (broad SMARTS) is 1. The van der Waals surface area contributed by atoms with Crippen LogP contribution in [0.4, 0.5) is 0 Å². The van der Waals surface area contributed by atoms with E-state index >= 15 is 0 Å². The Morgan fingerprint density at radius 3 is 2.17 bits per heavy atom. The van der Waals surface area contributed by atoms with Crippen molar-refractivity contribution in [2.75, 3.05) is 6.61 Å². The van der Waals surface area contributed by atoms with Crippen LogP contribution in [0.3, 0.4) is 0 Å². The monoisotopic (exact) mass is 633 g/mol. The predicted octanol–water partition coefficient (Wildman–Crippen LogP) is 3.44. The molecule has 210 valence electrons. The zero-order chi connectivity index (χ0) is 28.9. The second-order valence-corrected chi connectivity index (χ2v) is 10.6. The van der Waals surface area contributed by atoms with Gasteiger partial charge in [0.15, 0.2) is 6.23 Å². The average Bonchev–Trinajstić information content (AvgIpc) is 2.96. The van der Waals surface area contributed by atoms with E-state index in [1.165, 1.54) is 6.07 Å². The Kier molecular flexibility index (Phi) is 11.1. The SMILES string of the molecule is O=C(NC(Cc1ccc(Cl)cc1)Oc1ccc(Cl)cc1)c1ccc(Oc2cc3c(cc2Cl)C(C(=O)[O-])CCO3)cc1.[Na+]. The Morgan fingerprint density at radius 2 is 1.52 bits per heavy atom. The van der Waals surface area contributed by atoms with Crippen LogP contribution >= 0.6 is 34.8 Å². The van der Waals surface area contributed by atoms with Gasteiger partial charge in [0.05, 0.1) is 11.6 Å². The minimum atomic E-state index is -1.18. The van der Waals surface area contributed by atoms with Crippen LogP contribution in [0.1, 0.15) is 33.8 Å². The third kappa shape index (κ3) is 8.13. The van der Waals surface area contributed by atoms with Gasteiger partial charge in [0, 0.05) is 45.5 Å². The molecule has 1 amide bonds. The normalized spacial score (nSPS) is 14.4. The molecule has 0 radical (unpaired) electrons. The first-order valence-electron chi connectivity index (χ1n) is 12.7. The fraction of sp³-hybridized carbons (Fsp3) is 0.161. The summed E-state index contributed by atoms with van der Waals surface area (Å²) in [5, 5.41) is 15.8. The first kappa shape index (κ1) is 32.0. The van der Waals surface area contributed by atoms with Gasteiger partial charge in [0.2, 0.25) is 0 Å². The van der Waals surface area contributed by atoms with Crippen molar-refractivity contribution < 1.29 is 58.5 Å². The van der Waals surface area contributed by atoms with E-state index in [-0.39, 0.29) is 47.1 Å². The second kappa shape index (κ2) is 14.5. The summed E-state index contributed by atoms with van der Waals surface area (Å²) in [6.45, 7) is 0.247. The first-order chi connectivity index (χ1) is 19.7. The van der Waals surface area contributed by atoms with Gasteiger partial charge < -0.3 is 29.4 Å². The number of rotatable bonds is 9. The van der Waals surface area contributed by atoms with Gasteiger partial charge >= 0.3 is 29.6 Å². The van der Waals surface area contributed by atoms with Gasteiger partial charge in [-0.1, -0.05) is 46.9 Å². The first-order valence-corrected chi connectivity index (χ1v) is 13.8. The standard InChI is InChI=1S/C31H24Cl3NO6.Na/c32-20-5-1-18(2-6-20)15-29(41-23-11-7-21(33)8-12-23)35-30(36)19-3-9-22(10-4-19)40-28-17-27-25(16-26(28)34)24(31(37)38)13-14-39-27;/h1-12,16-17,24,29H,13-15H2,(H,35,36)(H,37,38);/q;+1/p-1. The Hall–Kier alpha value is -2.91. The summed E-state index contributed by atoms with van der Waals surface area (Å²) >= 11 is 18.4. The summed E-state index contributed by atoms with van der Waals surface area (Å²) < 4.78 is 17.6. The summed E-state index contributed by atoms with van der Waals surface area (Å²) in [6, 6.07) is 23.7. The molecule has 5 rings (SSSR count). The molecule has 2 atom stereocenters. The molecular weight excluding hydrogens is 612 g/mol. The number of carboxylic acids is 1. The molecular formula is C31H23Cl3NNaO6.